The number of hydrogen-bond acceptors (Lipinski definition) is 3. The monoisotopic (exact) mass is 250 g/mol. The zero-order chi connectivity index (χ0) is 12.2. The van der Waals surface area contributed by atoms with Gasteiger partial charge in [-0.3, -0.25) is 0 Å². The standard InChI is InChI=1S/C9H9F3N2OS/c1-16-8(13)14-6-2-4-7(5-3-6)15-9(10,11)12/h2-5H,1H3,(H2,13,14). The van der Waals surface area contributed by atoms with E-state index in [2.05, 4.69) is 9.73 Å². The van der Waals surface area contributed by atoms with Gasteiger partial charge in [0.25, 0.3) is 0 Å². The lowest BCUT2D eigenvalue weighted by Gasteiger charge is -2.08. The summed E-state index contributed by atoms with van der Waals surface area (Å²) in [5.74, 6) is -0.283. The van der Waals surface area contributed by atoms with E-state index in [1.807, 2.05) is 0 Å². The zero-order valence-electron chi connectivity index (χ0n) is 8.28. The van der Waals surface area contributed by atoms with Crippen molar-refractivity contribution in [2.24, 2.45) is 10.7 Å². The van der Waals surface area contributed by atoms with E-state index >= 15 is 0 Å². The molecule has 0 atom stereocenters. The lowest BCUT2D eigenvalue weighted by molar-refractivity contribution is -0.274. The van der Waals surface area contributed by atoms with E-state index in [0.717, 1.165) is 0 Å². The fourth-order valence-corrected chi connectivity index (χ4v) is 1.09. The number of benzene rings is 1. The minimum Gasteiger partial charge on any atom is -0.406 e. The number of ether oxygens (including phenoxy) is 1. The molecule has 88 valence electrons. The molecule has 0 aromatic heterocycles. The van der Waals surface area contributed by atoms with Crippen LogP contribution < -0.4 is 10.5 Å². The molecule has 1 aromatic rings. The number of rotatable bonds is 2. The third kappa shape index (κ3) is 4.43. The van der Waals surface area contributed by atoms with Crippen molar-refractivity contribution < 1.29 is 17.9 Å². The summed E-state index contributed by atoms with van der Waals surface area (Å²) in [4.78, 5) is 3.94. The van der Waals surface area contributed by atoms with Crippen LogP contribution in [0.5, 0.6) is 5.75 Å². The number of amidine groups is 1. The number of nitrogens with two attached hydrogens (primary N) is 1. The molecule has 0 radical (unpaired) electrons. The van der Waals surface area contributed by atoms with Crippen LogP contribution in [0.15, 0.2) is 29.3 Å². The van der Waals surface area contributed by atoms with Gasteiger partial charge in [-0.05, 0) is 30.5 Å². The summed E-state index contributed by atoms with van der Waals surface area (Å²) in [6.45, 7) is 0. The van der Waals surface area contributed by atoms with E-state index in [9.17, 15) is 13.2 Å². The summed E-state index contributed by atoms with van der Waals surface area (Å²) in [5.41, 5.74) is 5.92. The zero-order valence-corrected chi connectivity index (χ0v) is 9.10. The second-order valence-electron chi connectivity index (χ2n) is 2.70. The van der Waals surface area contributed by atoms with Crippen molar-refractivity contribution >= 4 is 22.6 Å². The highest BCUT2D eigenvalue weighted by molar-refractivity contribution is 8.13. The SMILES string of the molecule is CSC(N)=Nc1ccc(OC(F)(F)F)cc1. The van der Waals surface area contributed by atoms with Crippen molar-refractivity contribution in [1.29, 1.82) is 0 Å². The molecule has 0 aliphatic rings. The van der Waals surface area contributed by atoms with Gasteiger partial charge in [-0.2, -0.15) is 0 Å². The molecule has 2 N–H and O–H groups in total. The maximum absolute atomic E-state index is 11.8. The predicted octanol–water partition coefficient (Wildman–Crippen LogP) is 2.89. The molecular weight excluding hydrogens is 241 g/mol. The highest BCUT2D eigenvalue weighted by Gasteiger charge is 2.30. The lowest BCUT2D eigenvalue weighted by atomic mass is 10.3. The molecule has 0 heterocycles. The molecule has 0 saturated heterocycles. The Balaban J connectivity index is 2.76. The number of hydrogen-bond donors (Lipinski definition) is 1. The normalized spacial score (nSPS) is 12.6. The minimum absolute atomic E-state index is 0.283. The maximum Gasteiger partial charge on any atom is 0.573 e. The Morgan fingerprint density at radius 3 is 2.31 bits per heavy atom. The largest absolute Gasteiger partial charge is 0.573 e. The molecule has 0 spiro atoms. The Labute approximate surface area is 94.5 Å². The van der Waals surface area contributed by atoms with Crippen LogP contribution in [-0.4, -0.2) is 17.8 Å². The summed E-state index contributed by atoms with van der Waals surface area (Å²) in [6.07, 6.45) is -2.93. The Morgan fingerprint density at radius 1 is 1.31 bits per heavy atom. The molecule has 16 heavy (non-hydrogen) atoms. The van der Waals surface area contributed by atoms with Crippen molar-refractivity contribution in [1.82, 2.24) is 0 Å². The number of alkyl halides is 3. The van der Waals surface area contributed by atoms with E-state index in [-0.39, 0.29) is 5.75 Å². The Morgan fingerprint density at radius 2 is 1.88 bits per heavy atom. The van der Waals surface area contributed by atoms with Crippen molar-refractivity contribution in [3.8, 4) is 5.75 Å². The summed E-state index contributed by atoms with van der Waals surface area (Å²) >= 11 is 1.25. The van der Waals surface area contributed by atoms with Crippen molar-refractivity contribution in [3.63, 3.8) is 0 Å². The van der Waals surface area contributed by atoms with E-state index in [1.54, 1.807) is 6.26 Å². The molecule has 0 aliphatic heterocycles. The first-order chi connectivity index (χ1) is 7.40. The average molecular weight is 250 g/mol. The Bertz CT molecular complexity index is 375. The molecular formula is C9H9F3N2OS. The minimum atomic E-state index is -4.68. The first-order valence-corrected chi connectivity index (χ1v) is 5.37. The highest BCUT2D eigenvalue weighted by Crippen LogP contribution is 2.25. The van der Waals surface area contributed by atoms with Crippen LogP contribution in [0, 0.1) is 0 Å². The predicted molar refractivity (Wildman–Crippen MR) is 57.9 cm³/mol. The molecule has 1 aromatic carbocycles. The maximum atomic E-state index is 11.8. The van der Waals surface area contributed by atoms with Crippen LogP contribution >= 0.6 is 11.8 Å². The van der Waals surface area contributed by atoms with Gasteiger partial charge in [0, 0.05) is 0 Å². The Hall–Kier alpha value is -1.37. The van der Waals surface area contributed by atoms with Crippen LogP contribution in [0.1, 0.15) is 0 Å². The molecule has 3 nitrogen and oxygen atoms in total. The van der Waals surface area contributed by atoms with Crippen LogP contribution in [0.25, 0.3) is 0 Å². The number of aliphatic imine (C=N–C) groups is 1. The fraction of sp³-hybridized carbons (Fsp3) is 0.222. The molecule has 1 rings (SSSR count). The molecule has 0 aliphatic carbocycles. The van der Waals surface area contributed by atoms with Gasteiger partial charge in [-0.25, -0.2) is 4.99 Å². The molecule has 0 unspecified atom stereocenters. The third-order valence-corrected chi connectivity index (χ3v) is 2.03. The first-order valence-electron chi connectivity index (χ1n) is 4.14. The smallest absolute Gasteiger partial charge is 0.406 e. The van der Waals surface area contributed by atoms with Crippen molar-refractivity contribution in [2.45, 2.75) is 6.36 Å². The van der Waals surface area contributed by atoms with Crippen LogP contribution in [0.4, 0.5) is 18.9 Å². The molecule has 0 fully saturated rings. The number of thioether (sulfide) groups is 1. The van der Waals surface area contributed by atoms with Gasteiger partial charge in [-0.15, -0.1) is 13.2 Å². The lowest BCUT2D eigenvalue weighted by Crippen LogP contribution is -2.16. The van der Waals surface area contributed by atoms with Gasteiger partial charge >= 0.3 is 6.36 Å². The van der Waals surface area contributed by atoms with Crippen LogP contribution in [0.3, 0.4) is 0 Å². The first kappa shape index (κ1) is 12.7. The van der Waals surface area contributed by atoms with Crippen molar-refractivity contribution in [3.05, 3.63) is 24.3 Å². The van der Waals surface area contributed by atoms with Gasteiger partial charge in [0.2, 0.25) is 0 Å². The highest BCUT2D eigenvalue weighted by atomic mass is 32.2. The summed E-state index contributed by atoms with van der Waals surface area (Å²) < 4.78 is 39.2. The number of nitrogens with zero attached hydrogens (tertiary/aromatic N) is 1. The quantitative estimate of drug-likeness (QED) is 0.648. The van der Waals surface area contributed by atoms with Gasteiger partial charge < -0.3 is 10.5 Å². The van der Waals surface area contributed by atoms with Gasteiger partial charge in [-0.1, -0.05) is 11.8 Å². The summed E-state index contributed by atoms with van der Waals surface area (Å²) in [6, 6.07) is 5.15. The number of halogens is 3. The second-order valence-corrected chi connectivity index (χ2v) is 3.52. The van der Waals surface area contributed by atoms with Gasteiger partial charge in [0.15, 0.2) is 5.17 Å². The molecule has 7 heteroatoms. The van der Waals surface area contributed by atoms with E-state index in [4.69, 9.17) is 5.73 Å². The molecule has 0 bridgehead atoms. The van der Waals surface area contributed by atoms with Gasteiger partial charge in [0.05, 0.1) is 5.69 Å². The van der Waals surface area contributed by atoms with Crippen LogP contribution in [-0.2, 0) is 0 Å². The van der Waals surface area contributed by atoms with E-state index < -0.39 is 6.36 Å². The van der Waals surface area contributed by atoms with Gasteiger partial charge in [0.1, 0.15) is 5.75 Å². The second kappa shape index (κ2) is 5.11. The van der Waals surface area contributed by atoms with E-state index in [0.29, 0.717) is 10.9 Å². The average Bonchev–Trinajstić information content (AvgIpc) is 2.18. The molecule has 0 saturated carbocycles. The molecule has 0 amide bonds. The van der Waals surface area contributed by atoms with Crippen LogP contribution in [0.2, 0.25) is 0 Å². The fourth-order valence-electron chi connectivity index (χ4n) is 0.895. The van der Waals surface area contributed by atoms with E-state index in [1.165, 1.54) is 36.0 Å². The summed E-state index contributed by atoms with van der Waals surface area (Å²) in [7, 11) is 0. The third-order valence-electron chi connectivity index (χ3n) is 1.52. The topological polar surface area (TPSA) is 47.6 Å². The summed E-state index contributed by atoms with van der Waals surface area (Å²) in [5, 5.41) is 0.337. The van der Waals surface area contributed by atoms with Crippen molar-refractivity contribution in [2.75, 3.05) is 6.26 Å². The Kier molecular flexibility index (Phi) is 4.05.